The van der Waals surface area contributed by atoms with Crippen LogP contribution in [0.4, 0.5) is 0 Å². The van der Waals surface area contributed by atoms with Crippen molar-refractivity contribution >= 4 is 6.71 Å². The van der Waals surface area contributed by atoms with Crippen LogP contribution >= 0.6 is 0 Å². The first-order valence-electron chi connectivity index (χ1n) is 24.5. The average Bonchev–Trinajstić information content (AvgIpc) is 3.66. The van der Waals surface area contributed by atoms with Gasteiger partial charge in [-0.1, -0.05) is 116 Å². The van der Waals surface area contributed by atoms with Crippen LogP contribution in [0.15, 0.2) is 81.4 Å². The summed E-state index contributed by atoms with van der Waals surface area (Å²) in [5.41, 5.74) is 12.8. The largest absolute Gasteiger partial charge is 0.484 e. The maximum atomic E-state index is 7.19. The van der Waals surface area contributed by atoms with Crippen LogP contribution in [0.25, 0.3) is 0 Å². The van der Waals surface area contributed by atoms with E-state index in [4.69, 9.17) is 4.74 Å². The van der Waals surface area contributed by atoms with Crippen molar-refractivity contribution in [3.05, 3.63) is 81.4 Å². The molecule has 306 valence electrons. The number of fused-ring (bicyclic) bond motifs is 7. The summed E-state index contributed by atoms with van der Waals surface area (Å²) < 4.78 is 7.19. The zero-order chi connectivity index (χ0) is 39.2. The molecule has 0 bridgehead atoms. The lowest BCUT2D eigenvalue weighted by atomic mass is 9.24. The Labute approximate surface area is 347 Å². The van der Waals surface area contributed by atoms with Crippen molar-refractivity contribution in [1.29, 1.82) is 0 Å². The van der Waals surface area contributed by atoms with Crippen LogP contribution in [0.3, 0.4) is 0 Å². The summed E-state index contributed by atoms with van der Waals surface area (Å²) in [6, 6.07) is 0.969. The molecule has 4 heteroatoms. The SMILES string of the molecule is CC(C)(C)C1C=C2B3C4=C(CC(C(C)(C)C)C=C4N4C5C(=CC(C6CCCCC6)CC35)C3(CCCCC3)C4(C)C)N(C3=CCCC4=C3OC3C=CCCC43)C2CC1. The number of nitrogens with zero attached hydrogens (tertiary/aromatic N) is 2. The Morgan fingerprint density at radius 1 is 0.789 bits per heavy atom. The number of hydrogen-bond acceptors (Lipinski definition) is 3. The van der Waals surface area contributed by atoms with Gasteiger partial charge in [-0.15, -0.1) is 0 Å². The highest BCUT2D eigenvalue weighted by Crippen LogP contribution is 2.70. The smallest absolute Gasteiger partial charge is 0.217 e. The van der Waals surface area contributed by atoms with Gasteiger partial charge < -0.3 is 14.5 Å². The van der Waals surface area contributed by atoms with Gasteiger partial charge in [0.1, 0.15) is 11.9 Å². The van der Waals surface area contributed by atoms with E-state index in [1.54, 1.807) is 22.4 Å². The second-order valence-electron chi connectivity index (χ2n) is 23.9. The number of hydrogen-bond donors (Lipinski definition) is 0. The average molecular weight is 767 g/mol. The van der Waals surface area contributed by atoms with Crippen LogP contribution in [0.5, 0.6) is 0 Å². The molecule has 0 aromatic heterocycles. The van der Waals surface area contributed by atoms with Crippen LogP contribution in [0, 0.1) is 45.8 Å². The molecule has 0 radical (unpaired) electrons. The fourth-order valence-electron chi connectivity index (χ4n) is 15.8. The van der Waals surface area contributed by atoms with Crippen LogP contribution in [0.2, 0.25) is 5.82 Å². The Morgan fingerprint density at radius 3 is 2.30 bits per heavy atom. The van der Waals surface area contributed by atoms with Gasteiger partial charge >= 0.3 is 0 Å². The van der Waals surface area contributed by atoms with Gasteiger partial charge in [0.25, 0.3) is 0 Å². The first-order chi connectivity index (χ1) is 27.3. The molecule has 4 fully saturated rings. The highest BCUT2D eigenvalue weighted by atomic mass is 16.5. The minimum absolute atomic E-state index is 0.0886. The molecule has 0 aromatic carbocycles. The first-order valence-corrected chi connectivity index (χ1v) is 24.5. The molecule has 0 amide bonds. The zero-order valence-corrected chi connectivity index (χ0v) is 37.3. The van der Waals surface area contributed by atoms with E-state index in [1.807, 2.05) is 11.0 Å². The second kappa shape index (κ2) is 13.1. The minimum Gasteiger partial charge on any atom is -0.484 e. The molecule has 0 aromatic rings. The third kappa shape index (κ3) is 5.41. The summed E-state index contributed by atoms with van der Waals surface area (Å²) in [7, 11) is 0. The summed E-state index contributed by atoms with van der Waals surface area (Å²) >= 11 is 0. The van der Waals surface area contributed by atoms with E-state index in [-0.39, 0.29) is 27.9 Å². The van der Waals surface area contributed by atoms with Gasteiger partial charge in [-0.3, -0.25) is 0 Å². The first kappa shape index (κ1) is 37.6. The van der Waals surface area contributed by atoms with E-state index in [0.717, 1.165) is 24.7 Å². The third-order valence-corrected chi connectivity index (χ3v) is 18.9. The summed E-state index contributed by atoms with van der Waals surface area (Å²) in [4.78, 5) is 6.18. The number of ether oxygens (including phenoxy) is 1. The van der Waals surface area contributed by atoms with Gasteiger partial charge in [-0.25, -0.2) is 0 Å². The molecule has 0 N–H and O–H groups in total. The van der Waals surface area contributed by atoms with Gasteiger partial charge in [-0.05, 0) is 154 Å². The Hall–Kier alpha value is -2.36. The lowest BCUT2D eigenvalue weighted by Crippen LogP contribution is -2.62. The number of rotatable bonds is 2. The Kier molecular flexibility index (Phi) is 8.63. The zero-order valence-electron chi connectivity index (χ0n) is 37.3. The minimum atomic E-state index is 0.0886. The van der Waals surface area contributed by atoms with E-state index >= 15 is 0 Å². The number of allylic oxidation sites excluding steroid dienone is 7. The molecule has 57 heavy (non-hydrogen) atoms. The second-order valence-corrected chi connectivity index (χ2v) is 23.9. The van der Waals surface area contributed by atoms with Crippen molar-refractivity contribution < 1.29 is 4.74 Å². The molecule has 7 aliphatic carbocycles. The molecule has 2 saturated carbocycles. The lowest BCUT2D eigenvalue weighted by Gasteiger charge is -2.60. The van der Waals surface area contributed by atoms with Crippen molar-refractivity contribution in [2.75, 3.05) is 0 Å². The van der Waals surface area contributed by atoms with Crippen LogP contribution < -0.4 is 0 Å². The summed E-state index contributed by atoms with van der Waals surface area (Å²) in [5, 5.41) is 0. The van der Waals surface area contributed by atoms with Crippen LogP contribution in [0.1, 0.15) is 171 Å². The molecule has 3 nitrogen and oxygen atoms in total. The van der Waals surface area contributed by atoms with Crippen molar-refractivity contribution in [3.8, 4) is 0 Å². The van der Waals surface area contributed by atoms with E-state index < -0.39 is 0 Å². The van der Waals surface area contributed by atoms with Gasteiger partial charge in [-0.2, -0.15) is 0 Å². The standard InChI is InChI=1S/C53H75BN2O/c1-50(2,3)35-24-25-42-40(30-35)54-41-29-34(33-18-11-9-12-19-33)28-39-48(41)56(52(7,8)53(39)26-15-10-16-27-53)45-32-36(51(4,5)6)31-44(47(45)54)55(42)43-22-17-21-38-37-20-13-14-23-46(37)57-49(38)43/h14,22-23,28,30,32-37,41-42,46,48H,9-13,15-21,24-27,29,31H2,1-8H3. The van der Waals surface area contributed by atoms with E-state index in [9.17, 15) is 0 Å². The quantitative estimate of drug-likeness (QED) is 0.206. The van der Waals surface area contributed by atoms with Gasteiger partial charge in [0.2, 0.25) is 6.71 Å². The van der Waals surface area contributed by atoms with Crippen LogP contribution in [-0.2, 0) is 4.74 Å². The molecule has 8 unspecified atom stereocenters. The monoisotopic (exact) mass is 767 g/mol. The molecule has 11 rings (SSSR count). The fraction of sp³-hybridized carbons (Fsp3) is 0.736. The molecule has 1 spiro atoms. The molecule has 11 aliphatic rings. The predicted octanol–water partition coefficient (Wildman–Crippen LogP) is 13.5. The van der Waals surface area contributed by atoms with Gasteiger partial charge in [0.05, 0.1) is 5.70 Å². The Morgan fingerprint density at radius 2 is 1.54 bits per heavy atom. The van der Waals surface area contributed by atoms with Crippen molar-refractivity contribution in [2.45, 2.75) is 201 Å². The molecule has 2 saturated heterocycles. The summed E-state index contributed by atoms with van der Waals surface area (Å²) in [6.45, 7) is 21.2. The molecule has 8 atom stereocenters. The fourth-order valence-corrected chi connectivity index (χ4v) is 15.8. The molecular formula is C53H75BN2O. The normalized spacial score (nSPS) is 38.1. The van der Waals surface area contributed by atoms with Gasteiger partial charge in [0.15, 0.2) is 0 Å². The lowest BCUT2D eigenvalue weighted by molar-refractivity contribution is 0.0558. The maximum absolute atomic E-state index is 7.19. The highest BCUT2D eigenvalue weighted by molar-refractivity contribution is 6.77. The molecular weight excluding hydrogens is 691 g/mol. The Bertz CT molecular complexity index is 1910. The highest BCUT2D eigenvalue weighted by Gasteiger charge is 2.69. The van der Waals surface area contributed by atoms with Crippen molar-refractivity contribution in [3.63, 3.8) is 0 Å². The predicted molar refractivity (Wildman–Crippen MR) is 237 cm³/mol. The Balaban J connectivity index is 1.16. The van der Waals surface area contributed by atoms with Crippen LogP contribution in [-0.4, -0.2) is 40.2 Å². The molecule has 4 heterocycles. The topological polar surface area (TPSA) is 15.7 Å². The molecule has 4 aliphatic heterocycles. The maximum Gasteiger partial charge on any atom is 0.217 e. The van der Waals surface area contributed by atoms with E-state index in [0.29, 0.717) is 42.4 Å². The third-order valence-electron chi connectivity index (χ3n) is 18.9. The van der Waals surface area contributed by atoms with Gasteiger partial charge in [0, 0.05) is 40.3 Å². The van der Waals surface area contributed by atoms with Crippen molar-refractivity contribution in [1.82, 2.24) is 9.80 Å². The van der Waals surface area contributed by atoms with E-state index in [1.165, 1.54) is 114 Å². The summed E-state index contributed by atoms with van der Waals surface area (Å²) in [6.07, 6.45) is 40.6. The van der Waals surface area contributed by atoms with E-state index in [2.05, 4.69) is 102 Å². The summed E-state index contributed by atoms with van der Waals surface area (Å²) in [5.74, 6) is 5.25. The van der Waals surface area contributed by atoms with Crippen molar-refractivity contribution in [2.24, 2.45) is 45.8 Å².